The highest BCUT2D eigenvalue weighted by atomic mass is 16.7. The second kappa shape index (κ2) is 3.21. The van der Waals surface area contributed by atoms with Gasteiger partial charge in [0, 0.05) is 13.0 Å². The van der Waals surface area contributed by atoms with E-state index in [9.17, 15) is 4.79 Å². The normalized spacial score (nSPS) is 42.9. The Bertz CT molecular complexity index is 256. The Balaban J connectivity index is 1.83. The molecule has 3 fully saturated rings. The van der Waals surface area contributed by atoms with Crippen LogP contribution in [-0.2, 0) is 14.4 Å². The first-order chi connectivity index (χ1) is 6.86. The minimum atomic E-state index is -0.0457. The fourth-order valence-electron chi connectivity index (χ4n) is 2.82. The number of rotatable bonds is 0. The number of piperidine rings is 1. The zero-order valence-corrected chi connectivity index (χ0v) is 8.15. The van der Waals surface area contributed by atoms with E-state index in [-0.39, 0.29) is 18.0 Å². The van der Waals surface area contributed by atoms with Crippen molar-refractivity contribution in [2.45, 2.75) is 37.8 Å². The summed E-state index contributed by atoms with van der Waals surface area (Å²) in [5, 5.41) is 2.02. The third kappa shape index (κ3) is 1.17. The number of ether oxygens (including phenoxy) is 1. The fourth-order valence-corrected chi connectivity index (χ4v) is 2.82. The van der Waals surface area contributed by atoms with Gasteiger partial charge in [-0.15, -0.1) is 0 Å². The van der Waals surface area contributed by atoms with Gasteiger partial charge in [0.2, 0.25) is 0 Å². The maximum Gasteiger partial charge on any atom is 0.313 e. The summed E-state index contributed by atoms with van der Waals surface area (Å²) < 4.78 is 5.10. The zero-order valence-electron chi connectivity index (χ0n) is 8.15. The molecule has 0 radical (unpaired) electrons. The summed E-state index contributed by atoms with van der Waals surface area (Å²) in [5.41, 5.74) is 0. The first-order valence-corrected chi connectivity index (χ1v) is 5.46. The maximum absolute atomic E-state index is 11.6. The Morgan fingerprint density at radius 1 is 1.29 bits per heavy atom. The van der Waals surface area contributed by atoms with E-state index < -0.39 is 0 Å². The summed E-state index contributed by atoms with van der Waals surface area (Å²) in [5.74, 6) is -0.0558. The fraction of sp³-hybridized carbons (Fsp3) is 0.900. The van der Waals surface area contributed by atoms with Crippen LogP contribution >= 0.6 is 0 Å². The van der Waals surface area contributed by atoms with Gasteiger partial charge in [-0.2, -0.15) is 5.06 Å². The zero-order chi connectivity index (χ0) is 9.54. The second-order valence-corrected chi connectivity index (χ2v) is 4.33. The lowest BCUT2D eigenvalue weighted by atomic mass is 9.87. The largest absolute Gasteiger partial charge is 0.465 e. The van der Waals surface area contributed by atoms with E-state index in [1.807, 2.05) is 5.06 Å². The van der Waals surface area contributed by atoms with Crippen LogP contribution in [0, 0.1) is 5.92 Å². The molecule has 0 N–H and O–H groups in total. The van der Waals surface area contributed by atoms with Gasteiger partial charge in [-0.1, -0.05) is 6.42 Å². The van der Waals surface area contributed by atoms with Gasteiger partial charge in [-0.25, -0.2) is 0 Å². The Kier molecular flexibility index (Phi) is 1.99. The van der Waals surface area contributed by atoms with Crippen molar-refractivity contribution in [1.82, 2.24) is 5.06 Å². The number of hydrogen-bond acceptors (Lipinski definition) is 4. The van der Waals surface area contributed by atoms with Crippen molar-refractivity contribution in [3.63, 3.8) is 0 Å². The lowest BCUT2D eigenvalue weighted by Gasteiger charge is -2.29. The number of esters is 1. The number of cyclic esters (lactones) is 1. The van der Waals surface area contributed by atoms with Crippen LogP contribution in [0.2, 0.25) is 0 Å². The summed E-state index contributed by atoms with van der Waals surface area (Å²) in [7, 11) is 0. The van der Waals surface area contributed by atoms with Crippen molar-refractivity contribution in [2.75, 3.05) is 13.2 Å². The third-order valence-electron chi connectivity index (χ3n) is 3.50. The lowest BCUT2D eigenvalue weighted by molar-refractivity contribution is -0.180. The minimum Gasteiger partial charge on any atom is -0.465 e. The summed E-state index contributed by atoms with van der Waals surface area (Å²) in [6, 6.07) is 0.293. The predicted octanol–water partition coefficient (Wildman–Crippen LogP) is 0.718. The molecule has 3 heterocycles. The molecule has 3 aliphatic heterocycles. The van der Waals surface area contributed by atoms with Crippen LogP contribution in [0.1, 0.15) is 25.7 Å². The SMILES string of the molecule is O=C1OCCC2ON3CCCC[C@@H]3C12. The van der Waals surface area contributed by atoms with E-state index >= 15 is 0 Å². The highest BCUT2D eigenvalue weighted by molar-refractivity contribution is 5.75. The molecule has 0 aliphatic carbocycles. The predicted molar refractivity (Wildman–Crippen MR) is 48.3 cm³/mol. The van der Waals surface area contributed by atoms with E-state index in [4.69, 9.17) is 9.57 Å². The van der Waals surface area contributed by atoms with Gasteiger partial charge in [0.25, 0.3) is 0 Å². The summed E-state index contributed by atoms with van der Waals surface area (Å²) in [6.45, 7) is 1.51. The molecule has 3 aliphatic rings. The Morgan fingerprint density at radius 3 is 3.14 bits per heavy atom. The van der Waals surface area contributed by atoms with E-state index in [0.717, 1.165) is 19.4 Å². The van der Waals surface area contributed by atoms with Crippen molar-refractivity contribution in [2.24, 2.45) is 5.92 Å². The van der Waals surface area contributed by atoms with Gasteiger partial charge in [0.15, 0.2) is 0 Å². The number of hydrogen-bond donors (Lipinski definition) is 0. The number of hydroxylamine groups is 2. The average Bonchev–Trinajstić information content (AvgIpc) is 2.57. The van der Waals surface area contributed by atoms with Gasteiger partial charge in [-0.05, 0) is 12.8 Å². The highest BCUT2D eigenvalue weighted by Crippen LogP contribution is 2.38. The highest BCUT2D eigenvalue weighted by Gasteiger charge is 2.50. The molecule has 3 saturated heterocycles. The van der Waals surface area contributed by atoms with E-state index in [1.54, 1.807) is 0 Å². The molecule has 3 rings (SSSR count). The van der Waals surface area contributed by atoms with Crippen molar-refractivity contribution in [3.05, 3.63) is 0 Å². The lowest BCUT2D eigenvalue weighted by Crippen LogP contribution is -2.42. The smallest absolute Gasteiger partial charge is 0.313 e. The molecule has 0 aromatic rings. The molecule has 0 aromatic heterocycles. The van der Waals surface area contributed by atoms with Crippen molar-refractivity contribution in [3.8, 4) is 0 Å². The van der Waals surface area contributed by atoms with Crippen LogP contribution in [0.15, 0.2) is 0 Å². The molecule has 14 heavy (non-hydrogen) atoms. The number of nitrogens with zero attached hydrogens (tertiary/aromatic N) is 1. The molecule has 4 nitrogen and oxygen atoms in total. The standard InChI is InChI=1S/C10H15NO3/c12-10-9-7-3-1-2-5-11(7)14-8(9)4-6-13-10/h7-9H,1-6H2/t7-,8?,9?/m1/s1. The van der Waals surface area contributed by atoms with Crippen LogP contribution in [0.5, 0.6) is 0 Å². The van der Waals surface area contributed by atoms with Crippen molar-refractivity contribution in [1.29, 1.82) is 0 Å². The minimum absolute atomic E-state index is 0.0101. The third-order valence-corrected chi connectivity index (χ3v) is 3.50. The molecular weight excluding hydrogens is 182 g/mol. The van der Waals surface area contributed by atoms with Crippen LogP contribution in [0.4, 0.5) is 0 Å². The topological polar surface area (TPSA) is 38.8 Å². The summed E-state index contributed by atoms with van der Waals surface area (Å²) in [4.78, 5) is 17.4. The van der Waals surface area contributed by atoms with E-state index in [2.05, 4.69) is 0 Å². The van der Waals surface area contributed by atoms with Crippen LogP contribution in [-0.4, -0.2) is 36.3 Å². The molecule has 0 saturated carbocycles. The van der Waals surface area contributed by atoms with Gasteiger partial charge < -0.3 is 4.74 Å². The molecule has 3 atom stereocenters. The van der Waals surface area contributed by atoms with Crippen LogP contribution in [0.25, 0.3) is 0 Å². The van der Waals surface area contributed by atoms with Gasteiger partial charge in [0.05, 0.1) is 18.8 Å². The first-order valence-electron chi connectivity index (χ1n) is 5.46. The Hall–Kier alpha value is -0.610. The average molecular weight is 197 g/mol. The van der Waals surface area contributed by atoms with E-state index in [0.29, 0.717) is 12.6 Å². The van der Waals surface area contributed by atoms with Gasteiger partial charge in [-0.3, -0.25) is 9.63 Å². The quantitative estimate of drug-likeness (QED) is 0.536. The second-order valence-electron chi connectivity index (χ2n) is 4.33. The number of carbonyl (C=O) groups is 1. The van der Waals surface area contributed by atoms with Crippen LogP contribution < -0.4 is 0 Å². The summed E-state index contributed by atoms with van der Waals surface area (Å²) in [6.07, 6.45) is 4.44. The molecule has 0 spiro atoms. The van der Waals surface area contributed by atoms with Crippen molar-refractivity contribution < 1.29 is 14.4 Å². The first kappa shape index (κ1) is 8.68. The Morgan fingerprint density at radius 2 is 2.21 bits per heavy atom. The van der Waals surface area contributed by atoms with E-state index in [1.165, 1.54) is 12.8 Å². The molecular formula is C10H15NO3. The molecule has 78 valence electrons. The van der Waals surface area contributed by atoms with Gasteiger partial charge in [0.1, 0.15) is 5.92 Å². The molecule has 2 unspecified atom stereocenters. The molecule has 0 bridgehead atoms. The van der Waals surface area contributed by atoms with Crippen molar-refractivity contribution >= 4 is 5.97 Å². The Labute approximate surface area is 83.1 Å². The summed E-state index contributed by atoms with van der Waals surface area (Å²) >= 11 is 0. The van der Waals surface area contributed by atoms with Gasteiger partial charge >= 0.3 is 5.97 Å². The molecule has 0 amide bonds. The molecule has 4 heteroatoms. The number of fused-ring (bicyclic) bond motifs is 3. The monoisotopic (exact) mass is 197 g/mol. The molecule has 0 aromatic carbocycles. The number of carbonyl (C=O) groups excluding carboxylic acids is 1. The maximum atomic E-state index is 11.6. The van der Waals surface area contributed by atoms with Crippen LogP contribution in [0.3, 0.4) is 0 Å².